The summed E-state index contributed by atoms with van der Waals surface area (Å²) in [6, 6.07) is 6.69. The molecule has 5 nitrogen and oxygen atoms in total. The van der Waals surface area contributed by atoms with E-state index >= 15 is 0 Å². The average molecular weight is 333 g/mol. The Hall–Kier alpha value is -1.59. The molecule has 134 valence electrons. The van der Waals surface area contributed by atoms with E-state index < -0.39 is 0 Å². The number of piperidine rings is 1. The molecule has 2 rings (SSSR count). The minimum absolute atomic E-state index is 0.163. The van der Waals surface area contributed by atoms with Gasteiger partial charge in [-0.15, -0.1) is 0 Å². The second kappa shape index (κ2) is 9.04. The van der Waals surface area contributed by atoms with E-state index in [1.807, 2.05) is 26.2 Å². The van der Waals surface area contributed by atoms with Crippen LogP contribution in [0.2, 0.25) is 0 Å². The summed E-state index contributed by atoms with van der Waals surface area (Å²) in [6.07, 6.45) is 2.35. The fraction of sp³-hybridized carbons (Fsp3) is 0.632. The number of carbonyl (C=O) groups excluding carboxylic acids is 1. The van der Waals surface area contributed by atoms with E-state index in [-0.39, 0.29) is 5.91 Å². The van der Waals surface area contributed by atoms with Crippen molar-refractivity contribution in [2.75, 3.05) is 46.9 Å². The molecule has 1 amide bonds. The molecule has 0 radical (unpaired) electrons. The van der Waals surface area contributed by atoms with Gasteiger partial charge in [0.05, 0.1) is 13.1 Å². The highest BCUT2D eigenvalue weighted by Crippen LogP contribution is 2.16. The number of aryl methyl sites for hydroxylation is 2. The predicted octanol–water partition coefficient (Wildman–Crippen LogP) is 1.82. The summed E-state index contributed by atoms with van der Waals surface area (Å²) in [5, 5.41) is 3.31. The van der Waals surface area contributed by atoms with Crippen molar-refractivity contribution in [1.82, 2.24) is 15.1 Å². The molecule has 1 heterocycles. The van der Waals surface area contributed by atoms with Crippen LogP contribution in [0.1, 0.15) is 24.0 Å². The zero-order valence-electron chi connectivity index (χ0n) is 15.5. The Morgan fingerprint density at radius 3 is 2.71 bits per heavy atom. The molecule has 0 bridgehead atoms. The molecule has 1 saturated heterocycles. The molecular weight excluding hydrogens is 302 g/mol. The number of likely N-dealkylation sites (tertiary alicyclic amines) is 1. The quantitative estimate of drug-likeness (QED) is 0.827. The van der Waals surface area contributed by atoms with Gasteiger partial charge in [0.25, 0.3) is 0 Å². The molecule has 24 heavy (non-hydrogen) atoms. The minimum Gasteiger partial charge on any atom is -0.492 e. The van der Waals surface area contributed by atoms with Crippen LogP contribution in [0.25, 0.3) is 0 Å². The highest BCUT2D eigenvalue weighted by molar-refractivity contribution is 5.78. The third kappa shape index (κ3) is 5.80. The van der Waals surface area contributed by atoms with Gasteiger partial charge in [-0.05, 0) is 63.5 Å². The van der Waals surface area contributed by atoms with Crippen molar-refractivity contribution in [3.05, 3.63) is 29.3 Å². The van der Waals surface area contributed by atoms with Crippen LogP contribution in [0, 0.1) is 13.8 Å². The molecule has 1 aliphatic rings. The molecule has 1 N–H and O–H groups in total. The van der Waals surface area contributed by atoms with Crippen molar-refractivity contribution < 1.29 is 9.53 Å². The van der Waals surface area contributed by atoms with E-state index in [0.717, 1.165) is 25.3 Å². The van der Waals surface area contributed by atoms with Crippen LogP contribution in [0.15, 0.2) is 18.2 Å². The van der Waals surface area contributed by atoms with Crippen LogP contribution >= 0.6 is 0 Å². The van der Waals surface area contributed by atoms with Crippen molar-refractivity contribution in [2.24, 2.45) is 0 Å². The Morgan fingerprint density at radius 2 is 2.04 bits per heavy atom. The van der Waals surface area contributed by atoms with Crippen molar-refractivity contribution in [3.63, 3.8) is 0 Å². The largest absolute Gasteiger partial charge is 0.492 e. The Morgan fingerprint density at radius 1 is 1.33 bits per heavy atom. The van der Waals surface area contributed by atoms with E-state index in [1.54, 1.807) is 4.90 Å². The van der Waals surface area contributed by atoms with Crippen LogP contribution in [0.5, 0.6) is 5.75 Å². The molecule has 1 fully saturated rings. The third-order valence-corrected chi connectivity index (χ3v) is 4.59. The molecule has 1 unspecified atom stereocenters. The molecule has 5 heteroatoms. The molecular formula is C19H31N3O2. The molecule has 0 saturated carbocycles. The van der Waals surface area contributed by atoms with Gasteiger partial charge in [-0.1, -0.05) is 6.07 Å². The molecule has 1 aromatic carbocycles. The Labute approximate surface area is 146 Å². The number of ether oxygens (including phenoxy) is 1. The van der Waals surface area contributed by atoms with Gasteiger partial charge in [-0.2, -0.15) is 0 Å². The van der Waals surface area contributed by atoms with Crippen LogP contribution < -0.4 is 10.1 Å². The van der Waals surface area contributed by atoms with Gasteiger partial charge in [0.1, 0.15) is 12.4 Å². The van der Waals surface area contributed by atoms with Crippen LogP contribution in [0.3, 0.4) is 0 Å². The molecule has 0 aliphatic carbocycles. The number of hydrogen-bond donors (Lipinski definition) is 1. The lowest BCUT2D eigenvalue weighted by molar-refractivity contribution is -0.131. The van der Waals surface area contributed by atoms with Gasteiger partial charge in [0.15, 0.2) is 0 Å². The first-order valence-corrected chi connectivity index (χ1v) is 8.82. The topological polar surface area (TPSA) is 44.8 Å². The van der Waals surface area contributed by atoms with Gasteiger partial charge in [-0.3, -0.25) is 9.69 Å². The van der Waals surface area contributed by atoms with Gasteiger partial charge < -0.3 is 15.0 Å². The Balaban J connectivity index is 1.73. The van der Waals surface area contributed by atoms with E-state index in [9.17, 15) is 4.79 Å². The van der Waals surface area contributed by atoms with E-state index in [1.165, 1.54) is 17.5 Å². The van der Waals surface area contributed by atoms with E-state index in [4.69, 9.17) is 4.74 Å². The highest BCUT2D eigenvalue weighted by Gasteiger charge is 2.21. The van der Waals surface area contributed by atoms with E-state index in [2.05, 4.69) is 30.1 Å². The summed E-state index contributed by atoms with van der Waals surface area (Å²) < 4.78 is 5.80. The third-order valence-electron chi connectivity index (χ3n) is 4.59. The average Bonchev–Trinajstić information content (AvgIpc) is 2.54. The maximum atomic E-state index is 12.4. The molecule has 0 aromatic heterocycles. The second-order valence-corrected chi connectivity index (χ2v) is 6.85. The number of nitrogens with zero attached hydrogens (tertiary/aromatic N) is 2. The Kier molecular flexibility index (Phi) is 7.06. The molecule has 1 aromatic rings. The fourth-order valence-corrected chi connectivity index (χ4v) is 3.19. The van der Waals surface area contributed by atoms with Gasteiger partial charge in [-0.25, -0.2) is 0 Å². The summed E-state index contributed by atoms with van der Waals surface area (Å²) in [4.78, 5) is 16.4. The van der Waals surface area contributed by atoms with Crippen LogP contribution in [-0.2, 0) is 4.79 Å². The smallest absolute Gasteiger partial charge is 0.236 e. The summed E-state index contributed by atoms with van der Waals surface area (Å²) in [5.41, 5.74) is 2.39. The maximum absolute atomic E-state index is 12.4. The zero-order chi connectivity index (χ0) is 17.5. The SMILES string of the molecule is CNC1CCCN(CC(=O)N(C)CCOc2cc(C)cc(C)c2)C1. The Bertz CT molecular complexity index is 527. The fourth-order valence-electron chi connectivity index (χ4n) is 3.19. The summed E-state index contributed by atoms with van der Waals surface area (Å²) in [7, 11) is 3.85. The summed E-state index contributed by atoms with van der Waals surface area (Å²) in [5.74, 6) is 1.04. The maximum Gasteiger partial charge on any atom is 0.236 e. The number of likely N-dealkylation sites (N-methyl/N-ethyl adjacent to an activating group) is 2. The summed E-state index contributed by atoms with van der Waals surface area (Å²) >= 11 is 0. The lowest BCUT2D eigenvalue weighted by Crippen LogP contribution is -2.48. The minimum atomic E-state index is 0.163. The normalized spacial score (nSPS) is 18.4. The van der Waals surface area contributed by atoms with Crippen LogP contribution in [0.4, 0.5) is 0 Å². The van der Waals surface area contributed by atoms with Gasteiger partial charge in [0, 0.05) is 19.6 Å². The molecule has 1 aliphatic heterocycles. The first kappa shape index (κ1) is 18.7. The lowest BCUT2D eigenvalue weighted by Gasteiger charge is -2.33. The van der Waals surface area contributed by atoms with Crippen molar-refractivity contribution in [3.8, 4) is 5.75 Å². The number of rotatable bonds is 7. The van der Waals surface area contributed by atoms with Crippen molar-refractivity contribution >= 4 is 5.91 Å². The van der Waals surface area contributed by atoms with Gasteiger partial charge in [0.2, 0.25) is 5.91 Å². The first-order chi connectivity index (χ1) is 11.5. The van der Waals surface area contributed by atoms with Crippen molar-refractivity contribution in [1.29, 1.82) is 0 Å². The zero-order valence-corrected chi connectivity index (χ0v) is 15.5. The number of carbonyl (C=O) groups is 1. The van der Waals surface area contributed by atoms with E-state index in [0.29, 0.717) is 25.7 Å². The number of benzene rings is 1. The number of amides is 1. The monoisotopic (exact) mass is 333 g/mol. The number of hydrogen-bond acceptors (Lipinski definition) is 4. The standard InChI is InChI=1S/C19H31N3O2/c1-15-10-16(2)12-18(11-15)24-9-8-21(4)19(23)14-22-7-5-6-17(13-22)20-3/h10-12,17,20H,5-9,13-14H2,1-4H3. The summed E-state index contributed by atoms with van der Waals surface area (Å²) in [6.45, 7) is 7.71. The molecule has 0 spiro atoms. The van der Waals surface area contributed by atoms with Crippen molar-refractivity contribution in [2.45, 2.75) is 32.7 Å². The highest BCUT2D eigenvalue weighted by atomic mass is 16.5. The molecule has 1 atom stereocenters. The lowest BCUT2D eigenvalue weighted by atomic mass is 10.1. The number of nitrogens with one attached hydrogen (secondary N) is 1. The first-order valence-electron chi connectivity index (χ1n) is 8.82. The second-order valence-electron chi connectivity index (χ2n) is 6.85. The van der Waals surface area contributed by atoms with Crippen LogP contribution in [-0.4, -0.2) is 68.6 Å². The predicted molar refractivity (Wildman–Crippen MR) is 97.6 cm³/mol. The van der Waals surface area contributed by atoms with Gasteiger partial charge >= 0.3 is 0 Å².